The Kier molecular flexibility index (Phi) is 6.64. The molecule has 0 atom stereocenters. The van der Waals surface area contributed by atoms with Crippen molar-refractivity contribution in [3.63, 3.8) is 0 Å². The number of para-hydroxylation sites is 1. The van der Waals surface area contributed by atoms with Crippen LogP contribution in [0.25, 0.3) is 16.9 Å². The van der Waals surface area contributed by atoms with E-state index in [9.17, 15) is 9.59 Å². The number of hydrogen-bond acceptors (Lipinski definition) is 3. The average molecular weight is 485 g/mol. The molecular weight excluding hydrogens is 460 g/mol. The van der Waals surface area contributed by atoms with Crippen LogP contribution in [0.1, 0.15) is 39.1 Å². The first-order chi connectivity index (χ1) is 17.1. The van der Waals surface area contributed by atoms with Gasteiger partial charge in [-0.25, -0.2) is 4.68 Å². The predicted molar refractivity (Wildman–Crippen MR) is 137 cm³/mol. The molecule has 0 saturated carbocycles. The lowest BCUT2D eigenvalue weighted by Gasteiger charge is -2.15. The molecule has 1 aliphatic heterocycles. The third kappa shape index (κ3) is 5.12. The van der Waals surface area contributed by atoms with Crippen molar-refractivity contribution in [2.24, 2.45) is 0 Å². The number of benzene rings is 3. The summed E-state index contributed by atoms with van der Waals surface area (Å²) in [6.07, 6.45) is 3.87. The SMILES string of the molecule is O=C(NCc1ccc(C(=O)N2CCCC2)cc1)c1cn(-c2ccccc2)nc1-c1ccc(Cl)cc1. The van der Waals surface area contributed by atoms with E-state index in [1.807, 2.05) is 71.6 Å². The van der Waals surface area contributed by atoms with Gasteiger partial charge < -0.3 is 10.2 Å². The fourth-order valence-corrected chi connectivity index (χ4v) is 4.35. The maximum atomic E-state index is 13.2. The third-order valence-corrected chi connectivity index (χ3v) is 6.40. The van der Waals surface area contributed by atoms with E-state index in [1.165, 1.54) is 0 Å². The van der Waals surface area contributed by atoms with E-state index in [0.717, 1.165) is 42.7 Å². The van der Waals surface area contributed by atoms with Gasteiger partial charge >= 0.3 is 0 Å². The molecule has 2 heterocycles. The van der Waals surface area contributed by atoms with Crippen molar-refractivity contribution in [3.8, 4) is 16.9 Å². The number of likely N-dealkylation sites (tertiary alicyclic amines) is 1. The third-order valence-electron chi connectivity index (χ3n) is 6.14. The number of rotatable bonds is 6. The lowest BCUT2D eigenvalue weighted by molar-refractivity contribution is 0.0792. The number of carbonyl (C=O) groups is 2. The Labute approximate surface area is 209 Å². The summed E-state index contributed by atoms with van der Waals surface area (Å²) < 4.78 is 1.71. The van der Waals surface area contributed by atoms with Gasteiger partial charge in [0, 0.05) is 42.0 Å². The second-order valence-corrected chi connectivity index (χ2v) is 8.99. The Hall–Kier alpha value is -3.90. The highest BCUT2D eigenvalue weighted by Gasteiger charge is 2.20. The highest BCUT2D eigenvalue weighted by Crippen LogP contribution is 2.25. The van der Waals surface area contributed by atoms with Crippen molar-refractivity contribution in [2.45, 2.75) is 19.4 Å². The maximum absolute atomic E-state index is 13.2. The molecule has 0 bridgehead atoms. The first-order valence-corrected chi connectivity index (χ1v) is 12.0. The summed E-state index contributed by atoms with van der Waals surface area (Å²) in [6.45, 7) is 1.99. The zero-order chi connectivity index (χ0) is 24.2. The largest absolute Gasteiger partial charge is 0.348 e. The van der Waals surface area contributed by atoms with Gasteiger partial charge in [-0.15, -0.1) is 0 Å². The summed E-state index contributed by atoms with van der Waals surface area (Å²) in [6, 6.07) is 24.4. The zero-order valence-electron chi connectivity index (χ0n) is 19.2. The summed E-state index contributed by atoms with van der Waals surface area (Å²) >= 11 is 6.06. The fourth-order valence-electron chi connectivity index (χ4n) is 4.22. The van der Waals surface area contributed by atoms with Crippen molar-refractivity contribution < 1.29 is 9.59 Å². The molecule has 176 valence electrons. The summed E-state index contributed by atoms with van der Waals surface area (Å²) in [4.78, 5) is 27.7. The Bertz CT molecular complexity index is 1330. The average Bonchev–Trinajstić information content (AvgIpc) is 3.59. The lowest BCUT2D eigenvalue weighted by atomic mass is 10.1. The quantitative estimate of drug-likeness (QED) is 0.400. The van der Waals surface area contributed by atoms with Crippen LogP contribution in [0, 0.1) is 0 Å². The van der Waals surface area contributed by atoms with Crippen LogP contribution in [0.5, 0.6) is 0 Å². The van der Waals surface area contributed by atoms with Gasteiger partial charge in [0.1, 0.15) is 5.69 Å². The molecule has 5 rings (SSSR count). The fraction of sp³-hybridized carbons (Fsp3) is 0.179. The zero-order valence-corrected chi connectivity index (χ0v) is 19.9. The second-order valence-electron chi connectivity index (χ2n) is 8.56. The molecular formula is C28H25ClN4O2. The Morgan fingerprint density at radius 2 is 1.57 bits per heavy atom. The van der Waals surface area contributed by atoms with E-state index in [1.54, 1.807) is 23.0 Å². The molecule has 35 heavy (non-hydrogen) atoms. The first-order valence-electron chi connectivity index (χ1n) is 11.7. The van der Waals surface area contributed by atoms with E-state index >= 15 is 0 Å². The molecule has 7 heteroatoms. The van der Waals surface area contributed by atoms with Gasteiger partial charge in [0.05, 0.1) is 11.3 Å². The van der Waals surface area contributed by atoms with Crippen LogP contribution in [-0.2, 0) is 6.54 Å². The van der Waals surface area contributed by atoms with Crippen molar-refractivity contribution in [1.82, 2.24) is 20.0 Å². The van der Waals surface area contributed by atoms with Crippen molar-refractivity contribution in [3.05, 3.63) is 107 Å². The van der Waals surface area contributed by atoms with Crippen LogP contribution >= 0.6 is 11.6 Å². The maximum Gasteiger partial charge on any atom is 0.255 e. The number of halogens is 1. The minimum absolute atomic E-state index is 0.0685. The van der Waals surface area contributed by atoms with Crippen LogP contribution < -0.4 is 5.32 Å². The number of hydrogen-bond donors (Lipinski definition) is 1. The molecule has 1 saturated heterocycles. The van der Waals surface area contributed by atoms with Crippen LogP contribution in [0.3, 0.4) is 0 Å². The Balaban J connectivity index is 1.34. The van der Waals surface area contributed by atoms with E-state index in [2.05, 4.69) is 5.32 Å². The number of nitrogens with zero attached hydrogens (tertiary/aromatic N) is 3. The van der Waals surface area contributed by atoms with Gasteiger partial charge in [-0.1, -0.05) is 54.1 Å². The molecule has 2 amide bonds. The minimum atomic E-state index is -0.227. The van der Waals surface area contributed by atoms with Gasteiger partial charge in [-0.05, 0) is 54.8 Å². The number of nitrogens with one attached hydrogen (secondary N) is 1. The molecule has 4 aromatic rings. The smallest absolute Gasteiger partial charge is 0.255 e. The van der Waals surface area contributed by atoms with E-state index < -0.39 is 0 Å². The molecule has 0 unspecified atom stereocenters. The monoisotopic (exact) mass is 484 g/mol. The molecule has 1 aliphatic rings. The number of amides is 2. The predicted octanol–water partition coefficient (Wildman–Crippen LogP) is 5.36. The van der Waals surface area contributed by atoms with Crippen LogP contribution in [0.2, 0.25) is 5.02 Å². The summed E-state index contributed by atoms with van der Waals surface area (Å²) in [5.41, 5.74) is 4.31. The molecule has 1 fully saturated rings. The Morgan fingerprint density at radius 1 is 0.886 bits per heavy atom. The lowest BCUT2D eigenvalue weighted by Crippen LogP contribution is -2.27. The van der Waals surface area contributed by atoms with Crippen LogP contribution in [0.4, 0.5) is 0 Å². The van der Waals surface area contributed by atoms with E-state index in [0.29, 0.717) is 28.4 Å². The van der Waals surface area contributed by atoms with Gasteiger partial charge in [-0.2, -0.15) is 5.10 Å². The van der Waals surface area contributed by atoms with Crippen molar-refractivity contribution in [2.75, 3.05) is 13.1 Å². The molecule has 3 aromatic carbocycles. The molecule has 6 nitrogen and oxygen atoms in total. The summed E-state index contributed by atoms with van der Waals surface area (Å²) in [7, 11) is 0. The standard InChI is InChI=1S/C28H25ClN4O2/c29-23-14-12-21(13-15-23)26-25(19-33(31-26)24-6-2-1-3-7-24)27(34)30-18-20-8-10-22(11-9-20)28(35)32-16-4-5-17-32/h1-3,6-15,19H,4-5,16-18H2,(H,30,34). The number of carbonyl (C=O) groups excluding carboxylic acids is 2. The Morgan fingerprint density at radius 3 is 2.26 bits per heavy atom. The van der Waals surface area contributed by atoms with E-state index in [4.69, 9.17) is 16.7 Å². The summed E-state index contributed by atoms with van der Waals surface area (Å²) in [5.74, 6) is -0.159. The van der Waals surface area contributed by atoms with Gasteiger partial charge in [0.25, 0.3) is 11.8 Å². The van der Waals surface area contributed by atoms with E-state index in [-0.39, 0.29) is 11.8 Å². The molecule has 1 N–H and O–H groups in total. The van der Waals surface area contributed by atoms with Gasteiger partial charge in [0.2, 0.25) is 0 Å². The normalized spacial score (nSPS) is 13.1. The second kappa shape index (κ2) is 10.2. The topological polar surface area (TPSA) is 67.2 Å². The van der Waals surface area contributed by atoms with Crippen molar-refractivity contribution in [1.29, 1.82) is 0 Å². The molecule has 0 spiro atoms. The van der Waals surface area contributed by atoms with Gasteiger partial charge in [-0.3, -0.25) is 9.59 Å². The first kappa shape index (κ1) is 22.9. The molecule has 0 aliphatic carbocycles. The highest BCUT2D eigenvalue weighted by molar-refractivity contribution is 6.30. The van der Waals surface area contributed by atoms with Crippen molar-refractivity contribution >= 4 is 23.4 Å². The van der Waals surface area contributed by atoms with Gasteiger partial charge in [0.15, 0.2) is 0 Å². The number of aromatic nitrogens is 2. The van der Waals surface area contributed by atoms with Crippen LogP contribution in [-0.4, -0.2) is 39.6 Å². The van der Waals surface area contributed by atoms with Crippen LogP contribution in [0.15, 0.2) is 85.1 Å². The highest BCUT2D eigenvalue weighted by atomic mass is 35.5. The summed E-state index contributed by atoms with van der Waals surface area (Å²) in [5, 5.41) is 8.31. The molecule has 0 radical (unpaired) electrons. The molecule has 1 aromatic heterocycles. The minimum Gasteiger partial charge on any atom is -0.348 e.